The third-order valence-corrected chi connectivity index (χ3v) is 10.6. The maximum Gasteiger partial charge on any atom is 0.0642 e. The predicted molar refractivity (Wildman–Crippen MR) is 212 cm³/mol. The Hall–Kier alpha value is -6.64. The average molecular weight is 635 g/mol. The Morgan fingerprint density at radius 3 is 1.54 bits per heavy atom. The summed E-state index contributed by atoms with van der Waals surface area (Å²) in [7, 11) is 0. The molecule has 11 rings (SSSR count). The molecule has 232 valence electrons. The van der Waals surface area contributed by atoms with E-state index in [4.69, 9.17) is 0 Å². The number of nitrogens with zero attached hydrogens (tertiary/aromatic N) is 2. The van der Waals surface area contributed by atoms with Gasteiger partial charge in [0.1, 0.15) is 0 Å². The molecular weight excluding hydrogens is 605 g/mol. The van der Waals surface area contributed by atoms with E-state index in [0.717, 1.165) is 5.69 Å². The van der Waals surface area contributed by atoms with Crippen molar-refractivity contribution in [3.63, 3.8) is 0 Å². The fourth-order valence-corrected chi connectivity index (χ4v) is 8.59. The van der Waals surface area contributed by atoms with Crippen molar-refractivity contribution in [2.24, 2.45) is 0 Å². The topological polar surface area (TPSA) is 9.34 Å². The zero-order valence-electron chi connectivity index (χ0n) is 27.2. The van der Waals surface area contributed by atoms with E-state index < -0.39 is 0 Å². The van der Waals surface area contributed by atoms with Gasteiger partial charge in [-0.05, 0) is 69.6 Å². The number of hydrogen-bond donors (Lipinski definition) is 0. The normalized spacial score (nSPS) is 12.0. The van der Waals surface area contributed by atoms with Crippen molar-refractivity contribution in [2.45, 2.75) is 0 Å². The Kier molecular flexibility index (Phi) is 5.70. The van der Waals surface area contributed by atoms with Crippen LogP contribution in [0.25, 0.3) is 99.0 Å². The van der Waals surface area contributed by atoms with Crippen LogP contribution < -0.4 is 0 Å². The van der Waals surface area contributed by atoms with Gasteiger partial charge in [-0.2, -0.15) is 0 Å². The van der Waals surface area contributed by atoms with Crippen molar-refractivity contribution < 1.29 is 0 Å². The van der Waals surface area contributed by atoms with E-state index in [1.165, 1.54) is 93.3 Å². The van der Waals surface area contributed by atoms with E-state index in [0.29, 0.717) is 0 Å². The van der Waals surface area contributed by atoms with Crippen LogP contribution >= 0.6 is 0 Å². The van der Waals surface area contributed by atoms with E-state index in [-0.39, 0.29) is 0 Å². The average Bonchev–Trinajstić information content (AvgIpc) is 3.67. The largest absolute Gasteiger partial charge is 0.308 e. The summed E-state index contributed by atoms with van der Waals surface area (Å²) in [4.78, 5) is 0. The summed E-state index contributed by atoms with van der Waals surface area (Å²) >= 11 is 0. The van der Waals surface area contributed by atoms with Gasteiger partial charge in [-0.3, -0.25) is 0 Å². The van der Waals surface area contributed by atoms with Gasteiger partial charge in [0.25, 0.3) is 0 Å². The minimum absolute atomic E-state index is 1.15. The maximum absolute atomic E-state index is 2.53. The molecule has 0 aliphatic rings. The van der Waals surface area contributed by atoms with Crippen LogP contribution in [-0.4, -0.2) is 8.97 Å². The van der Waals surface area contributed by atoms with E-state index >= 15 is 0 Å². The molecule has 0 fully saturated rings. The molecule has 50 heavy (non-hydrogen) atoms. The van der Waals surface area contributed by atoms with Gasteiger partial charge in [0.15, 0.2) is 0 Å². The minimum atomic E-state index is 1.15. The highest BCUT2D eigenvalue weighted by atomic mass is 15.0. The van der Waals surface area contributed by atoms with Gasteiger partial charge in [-0.25, -0.2) is 0 Å². The van der Waals surface area contributed by atoms with Crippen LogP contribution in [0.5, 0.6) is 0 Å². The summed E-state index contributed by atoms with van der Waals surface area (Å²) < 4.78 is 5.05. The fourth-order valence-electron chi connectivity index (χ4n) is 8.59. The van der Waals surface area contributed by atoms with Gasteiger partial charge >= 0.3 is 0 Å². The molecule has 0 bridgehead atoms. The molecule has 2 heteroatoms. The molecule has 0 saturated heterocycles. The summed E-state index contributed by atoms with van der Waals surface area (Å²) in [5.41, 5.74) is 14.6. The summed E-state index contributed by atoms with van der Waals surface area (Å²) in [5.74, 6) is 0. The van der Waals surface area contributed by atoms with Crippen molar-refractivity contribution in [2.75, 3.05) is 0 Å². The van der Waals surface area contributed by atoms with Crippen LogP contribution in [0.2, 0.25) is 0 Å². The smallest absolute Gasteiger partial charge is 0.0642 e. The van der Waals surface area contributed by atoms with Gasteiger partial charge in [-0.1, -0.05) is 146 Å². The lowest BCUT2D eigenvalue weighted by Crippen LogP contribution is -1.97. The third-order valence-electron chi connectivity index (χ3n) is 10.6. The number of benzene rings is 8. The maximum atomic E-state index is 2.53. The van der Waals surface area contributed by atoms with E-state index in [9.17, 15) is 0 Å². The van der Waals surface area contributed by atoms with Gasteiger partial charge in [-0.15, -0.1) is 0 Å². The summed E-state index contributed by atoms with van der Waals surface area (Å²) in [6.07, 6.45) is 0. The fraction of sp³-hybridized carbons (Fsp3) is 0. The molecule has 0 spiro atoms. The molecule has 0 unspecified atom stereocenters. The Labute approximate surface area is 289 Å². The molecule has 0 atom stereocenters. The Balaban J connectivity index is 1.34. The first-order chi connectivity index (χ1) is 24.8. The molecule has 3 aromatic heterocycles. The lowest BCUT2D eigenvalue weighted by molar-refractivity contribution is 1.18. The first kappa shape index (κ1) is 27.3. The highest BCUT2D eigenvalue weighted by molar-refractivity contribution is 6.35. The summed E-state index contributed by atoms with van der Waals surface area (Å²) in [5, 5.41) is 7.68. The molecule has 3 heterocycles. The SMILES string of the molecule is c1ccc(-c2ccccc2-c2cccc(-n3c4cccc5c6ccccc6n6c7ccccc7c7cc(-c8ccccc8)c3c(c54)c76)c2)cc1. The lowest BCUT2D eigenvalue weighted by atomic mass is 9.94. The molecule has 0 amide bonds. The van der Waals surface area contributed by atoms with E-state index in [1.54, 1.807) is 0 Å². The van der Waals surface area contributed by atoms with Crippen molar-refractivity contribution in [3.8, 4) is 39.1 Å². The van der Waals surface area contributed by atoms with Crippen LogP contribution in [-0.2, 0) is 0 Å². The summed E-state index contributed by atoms with van der Waals surface area (Å²) in [6, 6.07) is 66.6. The molecule has 0 N–H and O–H groups in total. The van der Waals surface area contributed by atoms with Gasteiger partial charge < -0.3 is 8.97 Å². The monoisotopic (exact) mass is 634 g/mol. The second-order valence-electron chi connectivity index (χ2n) is 13.3. The number of hydrogen-bond acceptors (Lipinski definition) is 0. The number of rotatable bonds is 4. The number of para-hydroxylation sites is 2. The quantitative estimate of drug-likeness (QED) is 0.182. The van der Waals surface area contributed by atoms with Crippen molar-refractivity contribution in [1.82, 2.24) is 8.97 Å². The first-order valence-corrected chi connectivity index (χ1v) is 17.3. The number of aromatic nitrogens is 2. The molecule has 0 radical (unpaired) electrons. The second-order valence-corrected chi connectivity index (χ2v) is 13.3. The molecule has 0 aliphatic carbocycles. The van der Waals surface area contributed by atoms with Gasteiger partial charge in [0.2, 0.25) is 0 Å². The highest BCUT2D eigenvalue weighted by Crippen LogP contribution is 2.48. The Morgan fingerprint density at radius 1 is 0.300 bits per heavy atom. The Morgan fingerprint density at radius 2 is 0.820 bits per heavy atom. The predicted octanol–water partition coefficient (Wildman–Crippen LogP) is 12.9. The van der Waals surface area contributed by atoms with Crippen LogP contribution in [0.4, 0.5) is 0 Å². The zero-order valence-corrected chi connectivity index (χ0v) is 27.2. The van der Waals surface area contributed by atoms with Crippen molar-refractivity contribution in [3.05, 3.63) is 182 Å². The van der Waals surface area contributed by atoms with E-state index in [1.807, 2.05) is 0 Å². The van der Waals surface area contributed by atoms with Crippen molar-refractivity contribution >= 4 is 59.9 Å². The molecule has 2 nitrogen and oxygen atoms in total. The van der Waals surface area contributed by atoms with Crippen LogP contribution in [0.15, 0.2) is 182 Å². The van der Waals surface area contributed by atoms with Crippen LogP contribution in [0.1, 0.15) is 0 Å². The summed E-state index contributed by atoms with van der Waals surface area (Å²) in [6.45, 7) is 0. The molecular formula is C48H30N2. The number of fused-ring (bicyclic) bond motifs is 6. The first-order valence-electron chi connectivity index (χ1n) is 17.3. The standard InChI is InChI=1S/C48H30N2/c1-3-15-31(16-4-1)35-21-7-8-22-36(35)33-19-13-20-34(29-33)49-44-28-14-25-39-37-23-9-11-26-42(37)50-43-27-12-10-24-38(43)41-30-40(32-17-5-2-6-18-32)47(49)46(45(39)44)48(41)50/h1-30H. The minimum Gasteiger partial charge on any atom is -0.308 e. The van der Waals surface area contributed by atoms with Crippen LogP contribution in [0, 0.1) is 0 Å². The Bertz CT molecular complexity index is 3070. The van der Waals surface area contributed by atoms with E-state index in [2.05, 4.69) is 191 Å². The lowest BCUT2D eigenvalue weighted by Gasteiger charge is -2.15. The van der Waals surface area contributed by atoms with Crippen molar-refractivity contribution in [1.29, 1.82) is 0 Å². The highest BCUT2D eigenvalue weighted by Gasteiger charge is 2.26. The zero-order chi connectivity index (χ0) is 32.8. The molecule has 8 aromatic carbocycles. The van der Waals surface area contributed by atoms with Gasteiger partial charge in [0.05, 0.1) is 27.6 Å². The van der Waals surface area contributed by atoms with Crippen LogP contribution in [0.3, 0.4) is 0 Å². The molecule has 0 saturated carbocycles. The third kappa shape index (κ3) is 3.73. The second kappa shape index (κ2) is 10.4. The molecule has 11 aromatic rings. The van der Waals surface area contributed by atoms with Gasteiger partial charge in [0, 0.05) is 38.2 Å². The molecule has 0 aliphatic heterocycles.